The lowest BCUT2D eigenvalue weighted by Gasteiger charge is -2.25. The van der Waals surface area contributed by atoms with Crippen LogP contribution in [0.1, 0.15) is 44.1 Å². The molecule has 0 fully saturated rings. The van der Waals surface area contributed by atoms with Gasteiger partial charge in [0.25, 0.3) is 0 Å². The van der Waals surface area contributed by atoms with E-state index in [0.29, 0.717) is 37.1 Å². The van der Waals surface area contributed by atoms with Gasteiger partial charge >= 0.3 is 5.97 Å². The minimum absolute atomic E-state index is 0.0313. The van der Waals surface area contributed by atoms with Gasteiger partial charge in [-0.25, -0.2) is 4.79 Å². The Balaban J connectivity index is 3.11. The van der Waals surface area contributed by atoms with E-state index in [2.05, 4.69) is 16.0 Å². The molecule has 14 heteroatoms. The number of hydrogen-bond donors (Lipinski definition) is 8. The summed E-state index contributed by atoms with van der Waals surface area (Å²) in [4.78, 5) is 61.8. The molecule has 0 aliphatic rings. The lowest BCUT2D eigenvalue weighted by atomic mass is 10.0. The molecular weight excluding hydrogens is 528 g/mol. The fourth-order valence-corrected chi connectivity index (χ4v) is 4.07. The number of hydrogen-bond acceptors (Lipinski definition) is 9. The van der Waals surface area contributed by atoms with Crippen molar-refractivity contribution in [3.63, 3.8) is 0 Å². The molecule has 0 aromatic heterocycles. The first-order valence-corrected chi connectivity index (χ1v) is 14.0. The SMILES string of the molecule is CSCCC(N)C(=O)NC(Cc1ccc(O)cc1)C(=O)NC(CCCCN)C(=O)NC(CCC(N)=O)C(=O)O. The Bertz CT molecular complexity index is 963. The summed E-state index contributed by atoms with van der Waals surface area (Å²) < 4.78 is 0. The highest BCUT2D eigenvalue weighted by molar-refractivity contribution is 7.98. The number of rotatable bonds is 19. The van der Waals surface area contributed by atoms with Crippen molar-refractivity contribution in [2.75, 3.05) is 18.6 Å². The maximum Gasteiger partial charge on any atom is 0.326 e. The average molecular weight is 569 g/mol. The molecule has 13 nitrogen and oxygen atoms in total. The number of carbonyl (C=O) groups is 5. The zero-order valence-electron chi connectivity index (χ0n) is 22.1. The van der Waals surface area contributed by atoms with Gasteiger partial charge in [0.05, 0.1) is 6.04 Å². The Morgan fingerprint density at radius 1 is 0.872 bits per heavy atom. The van der Waals surface area contributed by atoms with Gasteiger partial charge in [0, 0.05) is 12.8 Å². The fraction of sp³-hybridized carbons (Fsp3) is 0.560. The molecule has 4 atom stereocenters. The second-order valence-corrected chi connectivity index (χ2v) is 10.1. The van der Waals surface area contributed by atoms with Crippen LogP contribution < -0.4 is 33.2 Å². The Hall–Kier alpha value is -3.36. The Labute approximate surface area is 232 Å². The fourth-order valence-electron chi connectivity index (χ4n) is 3.58. The molecule has 0 saturated heterocycles. The monoisotopic (exact) mass is 568 g/mol. The summed E-state index contributed by atoms with van der Waals surface area (Å²) in [7, 11) is 0. The predicted octanol–water partition coefficient (Wildman–Crippen LogP) is -1.05. The van der Waals surface area contributed by atoms with E-state index in [-0.39, 0.29) is 31.4 Å². The third kappa shape index (κ3) is 13.3. The van der Waals surface area contributed by atoms with Crippen LogP contribution in [0.2, 0.25) is 0 Å². The number of aromatic hydroxyl groups is 1. The highest BCUT2D eigenvalue weighted by atomic mass is 32.2. The van der Waals surface area contributed by atoms with Crippen molar-refractivity contribution in [3.05, 3.63) is 29.8 Å². The summed E-state index contributed by atoms with van der Waals surface area (Å²) in [6.07, 6.45) is 3.03. The van der Waals surface area contributed by atoms with E-state index in [1.807, 2.05) is 6.26 Å². The van der Waals surface area contributed by atoms with E-state index < -0.39 is 53.8 Å². The van der Waals surface area contributed by atoms with Crippen molar-refractivity contribution in [1.82, 2.24) is 16.0 Å². The van der Waals surface area contributed by atoms with Crippen LogP contribution in [-0.4, -0.2) is 82.5 Å². The molecule has 0 heterocycles. The van der Waals surface area contributed by atoms with Gasteiger partial charge in [-0.05, 0) is 68.4 Å². The molecule has 1 aromatic rings. The number of primary amides is 1. The largest absolute Gasteiger partial charge is 0.508 e. The number of nitrogens with two attached hydrogens (primary N) is 3. The predicted molar refractivity (Wildman–Crippen MR) is 148 cm³/mol. The van der Waals surface area contributed by atoms with Crippen molar-refractivity contribution < 1.29 is 34.2 Å². The highest BCUT2D eigenvalue weighted by Gasteiger charge is 2.30. The van der Waals surface area contributed by atoms with Gasteiger partial charge in [-0.15, -0.1) is 0 Å². The second-order valence-electron chi connectivity index (χ2n) is 9.07. The number of unbranched alkanes of at least 4 members (excludes halogenated alkanes) is 1. The van der Waals surface area contributed by atoms with Gasteiger partial charge in [-0.3, -0.25) is 19.2 Å². The first-order chi connectivity index (χ1) is 18.5. The second kappa shape index (κ2) is 18.0. The first-order valence-electron chi connectivity index (χ1n) is 12.6. The normalized spacial score (nSPS) is 13.9. The third-order valence-corrected chi connectivity index (χ3v) is 6.50. The zero-order chi connectivity index (χ0) is 29.4. The van der Waals surface area contributed by atoms with Gasteiger partial charge in [0.2, 0.25) is 23.6 Å². The molecule has 39 heavy (non-hydrogen) atoms. The third-order valence-electron chi connectivity index (χ3n) is 5.85. The van der Waals surface area contributed by atoms with Crippen LogP contribution in [0.3, 0.4) is 0 Å². The van der Waals surface area contributed by atoms with Gasteiger partial charge in [-0.2, -0.15) is 11.8 Å². The number of benzene rings is 1. The summed E-state index contributed by atoms with van der Waals surface area (Å²) >= 11 is 1.53. The van der Waals surface area contributed by atoms with Crippen LogP contribution in [0.25, 0.3) is 0 Å². The Kier molecular flexibility index (Phi) is 15.6. The standard InChI is InChI=1S/C25H40N6O7S/c1-39-13-11-17(27)22(34)31-20(14-15-5-7-16(32)8-6-15)24(36)29-18(4-2-3-12-26)23(35)30-19(25(37)38)9-10-21(28)33/h5-8,17-20,32H,2-4,9-14,26-27H2,1H3,(H2,28,33)(H,29,36)(H,30,35)(H,31,34)(H,37,38). The van der Waals surface area contributed by atoms with E-state index in [1.54, 1.807) is 12.1 Å². The molecule has 0 radical (unpaired) electrons. The summed E-state index contributed by atoms with van der Waals surface area (Å²) in [5.74, 6) is -3.37. The van der Waals surface area contributed by atoms with Crippen molar-refractivity contribution in [1.29, 1.82) is 0 Å². The minimum atomic E-state index is -1.39. The van der Waals surface area contributed by atoms with Crippen molar-refractivity contribution in [3.8, 4) is 5.75 Å². The summed E-state index contributed by atoms with van der Waals surface area (Å²) in [5, 5.41) is 26.6. The quantitative estimate of drug-likeness (QED) is 0.0941. The topological polar surface area (TPSA) is 240 Å². The minimum Gasteiger partial charge on any atom is -0.508 e. The Morgan fingerprint density at radius 3 is 2.03 bits per heavy atom. The molecule has 0 aliphatic carbocycles. The molecule has 1 rings (SSSR count). The van der Waals surface area contributed by atoms with Crippen LogP contribution in [0.4, 0.5) is 0 Å². The van der Waals surface area contributed by atoms with Crippen molar-refractivity contribution in [2.45, 2.75) is 69.1 Å². The zero-order valence-corrected chi connectivity index (χ0v) is 22.9. The van der Waals surface area contributed by atoms with Gasteiger partial charge in [0.15, 0.2) is 0 Å². The molecule has 0 saturated carbocycles. The van der Waals surface area contributed by atoms with Crippen LogP contribution in [0.5, 0.6) is 5.75 Å². The maximum atomic E-state index is 13.4. The molecule has 218 valence electrons. The van der Waals surface area contributed by atoms with Crippen molar-refractivity contribution >= 4 is 41.4 Å². The van der Waals surface area contributed by atoms with E-state index >= 15 is 0 Å². The lowest BCUT2D eigenvalue weighted by molar-refractivity contribution is -0.142. The molecule has 1 aromatic carbocycles. The molecule has 0 bridgehead atoms. The van der Waals surface area contributed by atoms with Gasteiger partial charge < -0.3 is 43.4 Å². The van der Waals surface area contributed by atoms with E-state index in [9.17, 15) is 34.2 Å². The number of aliphatic carboxylic acids is 1. The molecular formula is C25H40N6O7S. The van der Waals surface area contributed by atoms with E-state index in [4.69, 9.17) is 17.2 Å². The number of phenolic OH excluding ortho intramolecular Hbond substituents is 1. The van der Waals surface area contributed by atoms with Crippen LogP contribution in [-0.2, 0) is 30.4 Å². The number of amides is 4. The maximum absolute atomic E-state index is 13.4. The highest BCUT2D eigenvalue weighted by Crippen LogP contribution is 2.13. The number of phenols is 1. The number of carbonyl (C=O) groups excluding carboxylic acids is 4. The summed E-state index contributed by atoms with van der Waals surface area (Å²) in [6, 6.07) is 1.59. The molecule has 0 spiro atoms. The van der Waals surface area contributed by atoms with Crippen LogP contribution in [0, 0.1) is 0 Å². The van der Waals surface area contributed by atoms with Crippen LogP contribution in [0.15, 0.2) is 24.3 Å². The molecule has 11 N–H and O–H groups in total. The van der Waals surface area contributed by atoms with Crippen LogP contribution >= 0.6 is 11.8 Å². The number of thioether (sulfide) groups is 1. The molecule has 0 aliphatic heterocycles. The summed E-state index contributed by atoms with van der Waals surface area (Å²) in [5.41, 5.74) is 17.3. The molecule has 4 unspecified atom stereocenters. The number of nitrogens with one attached hydrogen (secondary N) is 3. The number of carboxylic acid groups (broad SMARTS) is 1. The summed E-state index contributed by atoms with van der Waals surface area (Å²) in [6.45, 7) is 0.353. The van der Waals surface area contributed by atoms with Gasteiger partial charge in [0.1, 0.15) is 23.9 Å². The van der Waals surface area contributed by atoms with E-state index in [1.165, 1.54) is 23.9 Å². The number of carboxylic acids is 1. The first kappa shape index (κ1) is 33.7. The average Bonchev–Trinajstić information content (AvgIpc) is 2.89. The lowest BCUT2D eigenvalue weighted by Crippen LogP contribution is -2.57. The van der Waals surface area contributed by atoms with Gasteiger partial charge in [-0.1, -0.05) is 12.1 Å². The van der Waals surface area contributed by atoms with E-state index in [0.717, 1.165) is 0 Å². The molecule has 4 amide bonds. The smallest absolute Gasteiger partial charge is 0.326 e. The van der Waals surface area contributed by atoms with Crippen molar-refractivity contribution in [2.24, 2.45) is 17.2 Å². The Morgan fingerprint density at radius 2 is 1.46 bits per heavy atom.